The van der Waals surface area contributed by atoms with E-state index in [1.165, 1.54) is 19.9 Å². The molecule has 3 aliphatic carbocycles. The van der Waals surface area contributed by atoms with Gasteiger partial charge in [-0.05, 0) is 44.2 Å². The van der Waals surface area contributed by atoms with Crippen molar-refractivity contribution < 1.29 is 33.7 Å². The number of rotatable bonds is 2. The van der Waals surface area contributed by atoms with Gasteiger partial charge < -0.3 is 19.3 Å². The Labute approximate surface area is 167 Å². The van der Waals surface area contributed by atoms with Crippen molar-refractivity contribution in [2.45, 2.75) is 56.6 Å². The number of aliphatic hydroxyl groups is 1. The van der Waals surface area contributed by atoms with E-state index >= 15 is 0 Å². The van der Waals surface area contributed by atoms with E-state index in [9.17, 15) is 19.5 Å². The number of likely N-dealkylation sites (N-methyl/N-ethyl adjacent to an activating group) is 1. The summed E-state index contributed by atoms with van der Waals surface area (Å²) >= 11 is 0. The zero-order valence-corrected chi connectivity index (χ0v) is 16.6. The maximum absolute atomic E-state index is 12.9. The topological polar surface area (TPSA) is 102 Å². The molecule has 2 heterocycles. The van der Waals surface area contributed by atoms with Gasteiger partial charge >= 0.3 is 11.9 Å². The smallest absolute Gasteiger partial charge is 0.305 e. The van der Waals surface area contributed by atoms with Gasteiger partial charge in [0.25, 0.3) is 5.79 Å². The molecule has 5 atom stereocenters. The van der Waals surface area contributed by atoms with E-state index in [2.05, 4.69) is 4.90 Å². The lowest BCUT2D eigenvalue weighted by molar-refractivity contribution is -0.212. The van der Waals surface area contributed by atoms with Gasteiger partial charge in [0.1, 0.15) is 0 Å². The molecule has 1 unspecified atom stereocenters. The Morgan fingerprint density at radius 1 is 1.28 bits per heavy atom. The third kappa shape index (κ3) is 2.08. The standard InChI is InChI=1S/C21H23NO7/c1-11(23)28-20-6-5-14(25)17-19(20)8-9-22(3)15(20)10-13-4-7-21(26,29-12(2)24)18(27-17)16(13)19/h4-6,15,17,26H,7-10H2,1-3H3/t15-,17+,19+,20-,21?/m1/s1. The summed E-state index contributed by atoms with van der Waals surface area (Å²) < 4.78 is 17.4. The van der Waals surface area contributed by atoms with E-state index < -0.39 is 34.8 Å². The first kappa shape index (κ1) is 18.6. The molecule has 0 radical (unpaired) electrons. The second kappa shape index (κ2) is 5.58. The number of carbonyl (C=O) groups is 3. The molecule has 0 aromatic carbocycles. The van der Waals surface area contributed by atoms with Crippen molar-refractivity contribution >= 4 is 17.7 Å². The van der Waals surface area contributed by atoms with Crippen LogP contribution in [0.2, 0.25) is 0 Å². The second-order valence-corrected chi connectivity index (χ2v) is 8.56. The maximum Gasteiger partial charge on any atom is 0.305 e. The first-order valence-corrected chi connectivity index (χ1v) is 9.81. The van der Waals surface area contributed by atoms with Crippen molar-refractivity contribution in [3.05, 3.63) is 35.1 Å². The van der Waals surface area contributed by atoms with Crippen molar-refractivity contribution in [2.24, 2.45) is 5.41 Å². The van der Waals surface area contributed by atoms with Crippen LogP contribution in [-0.2, 0) is 28.6 Å². The minimum Gasteiger partial charge on any atom is -0.478 e. The van der Waals surface area contributed by atoms with E-state index in [4.69, 9.17) is 14.2 Å². The van der Waals surface area contributed by atoms with Crippen LogP contribution >= 0.6 is 0 Å². The van der Waals surface area contributed by atoms with E-state index in [0.717, 1.165) is 5.57 Å². The molecule has 1 saturated carbocycles. The second-order valence-electron chi connectivity index (χ2n) is 8.56. The van der Waals surface area contributed by atoms with Crippen LogP contribution in [0.5, 0.6) is 0 Å². The van der Waals surface area contributed by atoms with Crippen LogP contribution in [0.3, 0.4) is 0 Å². The number of piperidine rings is 1. The Morgan fingerprint density at radius 3 is 2.69 bits per heavy atom. The van der Waals surface area contributed by atoms with Gasteiger partial charge in [-0.3, -0.25) is 19.3 Å². The molecule has 1 saturated heterocycles. The summed E-state index contributed by atoms with van der Waals surface area (Å²) in [6, 6.07) is -0.176. The third-order valence-electron chi connectivity index (χ3n) is 7.03. The summed E-state index contributed by atoms with van der Waals surface area (Å²) in [5.74, 6) is -3.23. The number of nitrogens with zero attached hydrogens (tertiary/aromatic N) is 1. The first-order valence-electron chi connectivity index (χ1n) is 9.81. The number of ketones is 1. The Bertz CT molecular complexity index is 949. The van der Waals surface area contributed by atoms with Crippen molar-refractivity contribution in [3.8, 4) is 0 Å². The quantitative estimate of drug-likeness (QED) is 0.534. The zero-order valence-electron chi connectivity index (χ0n) is 16.6. The van der Waals surface area contributed by atoms with Gasteiger partial charge in [0, 0.05) is 25.8 Å². The van der Waals surface area contributed by atoms with Crippen LogP contribution in [0.15, 0.2) is 35.1 Å². The van der Waals surface area contributed by atoms with Gasteiger partial charge in [-0.15, -0.1) is 0 Å². The summed E-state index contributed by atoms with van der Waals surface area (Å²) in [6.07, 6.45) is 5.12. The van der Waals surface area contributed by atoms with Crippen LogP contribution in [0, 0.1) is 5.41 Å². The van der Waals surface area contributed by atoms with E-state index in [0.29, 0.717) is 25.0 Å². The molecule has 5 rings (SSSR count). The Morgan fingerprint density at radius 2 is 2.00 bits per heavy atom. The normalized spacial score (nSPS) is 42.1. The fraction of sp³-hybridized carbons (Fsp3) is 0.571. The summed E-state index contributed by atoms with van der Waals surface area (Å²) in [4.78, 5) is 38.9. The molecule has 29 heavy (non-hydrogen) atoms. The molecule has 0 amide bonds. The van der Waals surface area contributed by atoms with Crippen molar-refractivity contribution in [3.63, 3.8) is 0 Å². The number of hydrogen-bond donors (Lipinski definition) is 1. The molecular formula is C21H23NO7. The van der Waals surface area contributed by atoms with E-state index in [1.54, 1.807) is 6.08 Å². The van der Waals surface area contributed by atoms with Gasteiger partial charge in [0.2, 0.25) is 0 Å². The zero-order chi connectivity index (χ0) is 20.8. The highest BCUT2D eigenvalue weighted by Crippen LogP contribution is 2.68. The molecule has 8 nitrogen and oxygen atoms in total. The molecule has 2 fully saturated rings. The molecule has 1 spiro atoms. The van der Waals surface area contributed by atoms with E-state index in [1.807, 2.05) is 13.1 Å². The fourth-order valence-corrected chi connectivity index (χ4v) is 6.08. The van der Waals surface area contributed by atoms with Crippen LogP contribution < -0.4 is 0 Å². The lowest BCUT2D eigenvalue weighted by Gasteiger charge is -2.62. The summed E-state index contributed by atoms with van der Waals surface area (Å²) in [7, 11) is 1.98. The highest BCUT2D eigenvalue weighted by molar-refractivity contribution is 5.98. The molecule has 2 aliphatic heterocycles. The van der Waals surface area contributed by atoms with Crippen LogP contribution in [-0.4, -0.2) is 64.9 Å². The molecule has 5 aliphatic rings. The predicted molar refractivity (Wildman–Crippen MR) is 98.0 cm³/mol. The highest BCUT2D eigenvalue weighted by atomic mass is 16.7. The Balaban J connectivity index is 1.79. The van der Waals surface area contributed by atoms with Gasteiger partial charge in [-0.25, -0.2) is 0 Å². The van der Waals surface area contributed by atoms with Gasteiger partial charge in [0.05, 0.1) is 11.5 Å². The first-order chi connectivity index (χ1) is 13.6. The fourth-order valence-electron chi connectivity index (χ4n) is 6.08. The monoisotopic (exact) mass is 401 g/mol. The molecule has 2 bridgehead atoms. The average molecular weight is 401 g/mol. The molecule has 154 valence electrons. The third-order valence-corrected chi connectivity index (χ3v) is 7.03. The SMILES string of the molecule is CC(=O)OC1(O)CC=C2C[C@H]3N(C)CC[C@]45C2=C1O[C@H]4C(=O)C=C[C@@]35OC(C)=O. The highest BCUT2D eigenvalue weighted by Gasteiger charge is 2.76. The number of esters is 2. The molecule has 1 N–H and O–H groups in total. The lowest BCUT2D eigenvalue weighted by Crippen LogP contribution is -2.73. The molecule has 0 aromatic rings. The summed E-state index contributed by atoms with van der Waals surface area (Å²) in [5.41, 5.74) is -0.467. The van der Waals surface area contributed by atoms with E-state index in [-0.39, 0.29) is 24.0 Å². The number of hydrogen-bond acceptors (Lipinski definition) is 8. The lowest BCUT2D eigenvalue weighted by atomic mass is 9.48. The summed E-state index contributed by atoms with van der Waals surface area (Å²) in [5, 5.41) is 11.2. The van der Waals surface area contributed by atoms with Crippen LogP contribution in [0.1, 0.15) is 33.1 Å². The summed E-state index contributed by atoms with van der Waals surface area (Å²) in [6.45, 7) is 3.24. The van der Waals surface area contributed by atoms with Gasteiger partial charge in [-0.2, -0.15) is 0 Å². The number of ether oxygens (including phenoxy) is 3. The number of likely N-dealkylation sites (tertiary alicyclic amines) is 1. The van der Waals surface area contributed by atoms with Crippen LogP contribution in [0.4, 0.5) is 0 Å². The van der Waals surface area contributed by atoms with Crippen molar-refractivity contribution in [2.75, 3.05) is 13.6 Å². The average Bonchev–Trinajstić information content (AvgIpc) is 2.98. The van der Waals surface area contributed by atoms with Crippen molar-refractivity contribution in [1.29, 1.82) is 0 Å². The molecule has 0 aromatic heterocycles. The van der Waals surface area contributed by atoms with Gasteiger partial charge in [0.15, 0.2) is 23.2 Å². The minimum absolute atomic E-state index is 0.0438. The number of carbonyl (C=O) groups excluding carboxylic acids is 3. The Kier molecular flexibility index (Phi) is 3.57. The van der Waals surface area contributed by atoms with Crippen LogP contribution in [0.25, 0.3) is 0 Å². The maximum atomic E-state index is 12.9. The minimum atomic E-state index is -1.98. The Hall–Kier alpha value is -2.45. The van der Waals surface area contributed by atoms with Gasteiger partial charge in [-0.1, -0.05) is 6.08 Å². The van der Waals surface area contributed by atoms with Crippen molar-refractivity contribution in [1.82, 2.24) is 4.90 Å². The molecule has 8 heteroatoms. The predicted octanol–water partition coefficient (Wildman–Crippen LogP) is 0.756. The molecular weight excluding hydrogens is 378 g/mol. The largest absolute Gasteiger partial charge is 0.478 e.